The molecule has 0 radical (unpaired) electrons. The van der Waals surface area contributed by atoms with Gasteiger partial charge in [0.1, 0.15) is 0 Å². The second-order valence-electron chi connectivity index (χ2n) is 3.63. The summed E-state index contributed by atoms with van der Waals surface area (Å²) in [5.41, 5.74) is 0. The van der Waals surface area contributed by atoms with Gasteiger partial charge < -0.3 is 9.84 Å². The van der Waals surface area contributed by atoms with Crippen LogP contribution in [0.1, 0.15) is 39.5 Å². The van der Waals surface area contributed by atoms with Crippen LogP contribution in [0.4, 0.5) is 0 Å². The highest BCUT2D eigenvalue weighted by atomic mass is 16.5. The molecule has 0 heterocycles. The first-order chi connectivity index (χ1) is 5.18. The molecule has 1 aliphatic rings. The van der Waals surface area contributed by atoms with Crippen molar-refractivity contribution >= 4 is 0 Å². The fraction of sp³-hybridized carbons (Fsp3) is 1.00. The monoisotopic (exact) mass is 158 g/mol. The third-order valence-corrected chi connectivity index (χ3v) is 2.06. The average Bonchev–Trinajstić information content (AvgIpc) is 1.85. The number of rotatable bonds is 2. The molecule has 1 N–H and O–H groups in total. The molecular weight excluding hydrogens is 140 g/mol. The van der Waals surface area contributed by atoms with E-state index in [0.29, 0.717) is 12.2 Å². The summed E-state index contributed by atoms with van der Waals surface area (Å²) in [5.74, 6) is 0. The minimum Gasteiger partial charge on any atom is -0.393 e. The molecule has 1 rings (SSSR count). The highest BCUT2D eigenvalue weighted by Gasteiger charge is 2.20. The van der Waals surface area contributed by atoms with Gasteiger partial charge in [-0.1, -0.05) is 0 Å². The molecule has 2 heteroatoms. The van der Waals surface area contributed by atoms with Crippen molar-refractivity contribution in [2.75, 3.05) is 0 Å². The molecule has 1 fully saturated rings. The molecule has 1 aliphatic carbocycles. The molecule has 66 valence electrons. The summed E-state index contributed by atoms with van der Waals surface area (Å²) < 4.78 is 5.60. The molecule has 0 aromatic rings. The zero-order valence-electron chi connectivity index (χ0n) is 7.42. The Morgan fingerprint density at radius 3 is 2.64 bits per heavy atom. The maximum atomic E-state index is 9.31. The van der Waals surface area contributed by atoms with Gasteiger partial charge in [-0.25, -0.2) is 0 Å². The van der Waals surface area contributed by atoms with E-state index < -0.39 is 0 Å². The standard InChI is InChI=1S/C9H18O2/c1-7(2)11-9-5-3-4-8(10)6-9/h7-10H,3-6H2,1-2H3/t8-,9+/m0/s1. The van der Waals surface area contributed by atoms with E-state index in [-0.39, 0.29) is 6.10 Å². The van der Waals surface area contributed by atoms with Crippen molar-refractivity contribution in [3.8, 4) is 0 Å². The van der Waals surface area contributed by atoms with E-state index in [2.05, 4.69) is 0 Å². The summed E-state index contributed by atoms with van der Waals surface area (Å²) in [7, 11) is 0. The van der Waals surface area contributed by atoms with E-state index in [4.69, 9.17) is 4.74 Å². The van der Waals surface area contributed by atoms with Gasteiger partial charge in [-0.05, 0) is 39.5 Å². The molecule has 0 aromatic heterocycles. The van der Waals surface area contributed by atoms with E-state index in [0.717, 1.165) is 25.7 Å². The Morgan fingerprint density at radius 2 is 2.09 bits per heavy atom. The van der Waals surface area contributed by atoms with Crippen LogP contribution in [0.2, 0.25) is 0 Å². The Morgan fingerprint density at radius 1 is 1.36 bits per heavy atom. The first kappa shape index (κ1) is 9.01. The van der Waals surface area contributed by atoms with Crippen LogP contribution in [0.3, 0.4) is 0 Å². The van der Waals surface area contributed by atoms with Gasteiger partial charge in [-0.3, -0.25) is 0 Å². The molecule has 0 unspecified atom stereocenters. The van der Waals surface area contributed by atoms with Crippen molar-refractivity contribution in [3.05, 3.63) is 0 Å². The fourth-order valence-corrected chi connectivity index (χ4v) is 1.63. The highest BCUT2D eigenvalue weighted by molar-refractivity contribution is 4.72. The lowest BCUT2D eigenvalue weighted by Gasteiger charge is -2.27. The minimum atomic E-state index is -0.118. The summed E-state index contributed by atoms with van der Waals surface area (Å²) in [6.45, 7) is 4.09. The second-order valence-corrected chi connectivity index (χ2v) is 3.63. The van der Waals surface area contributed by atoms with Crippen LogP contribution in [0, 0.1) is 0 Å². The van der Waals surface area contributed by atoms with Crippen molar-refractivity contribution in [1.29, 1.82) is 0 Å². The van der Waals surface area contributed by atoms with Crippen LogP contribution in [-0.2, 0) is 4.74 Å². The van der Waals surface area contributed by atoms with Gasteiger partial charge in [0.15, 0.2) is 0 Å². The number of ether oxygens (including phenoxy) is 1. The van der Waals surface area contributed by atoms with E-state index >= 15 is 0 Å². The van der Waals surface area contributed by atoms with Crippen LogP contribution in [-0.4, -0.2) is 23.4 Å². The van der Waals surface area contributed by atoms with Crippen molar-refractivity contribution in [3.63, 3.8) is 0 Å². The summed E-state index contributed by atoms with van der Waals surface area (Å²) >= 11 is 0. The third-order valence-electron chi connectivity index (χ3n) is 2.06. The second kappa shape index (κ2) is 4.07. The summed E-state index contributed by atoms with van der Waals surface area (Å²) in [6.07, 6.45) is 4.50. The van der Waals surface area contributed by atoms with E-state index in [1.165, 1.54) is 0 Å². The van der Waals surface area contributed by atoms with Crippen molar-refractivity contribution in [1.82, 2.24) is 0 Å². The molecule has 0 aliphatic heterocycles. The highest BCUT2D eigenvalue weighted by Crippen LogP contribution is 2.21. The molecule has 0 amide bonds. The third kappa shape index (κ3) is 3.21. The van der Waals surface area contributed by atoms with Crippen molar-refractivity contribution in [2.24, 2.45) is 0 Å². The van der Waals surface area contributed by atoms with Gasteiger partial charge >= 0.3 is 0 Å². The minimum absolute atomic E-state index is 0.118. The van der Waals surface area contributed by atoms with E-state index in [9.17, 15) is 5.11 Å². The Hall–Kier alpha value is -0.0800. The predicted octanol–water partition coefficient (Wildman–Crippen LogP) is 1.71. The molecule has 0 aromatic carbocycles. The van der Waals surface area contributed by atoms with Gasteiger partial charge in [0.05, 0.1) is 18.3 Å². The quantitative estimate of drug-likeness (QED) is 0.663. The predicted molar refractivity (Wildman–Crippen MR) is 44.5 cm³/mol. The van der Waals surface area contributed by atoms with Crippen LogP contribution >= 0.6 is 0 Å². The Kier molecular flexibility index (Phi) is 3.34. The number of aliphatic hydroxyl groups is 1. The zero-order chi connectivity index (χ0) is 8.27. The summed E-state index contributed by atoms with van der Waals surface area (Å²) in [6, 6.07) is 0. The van der Waals surface area contributed by atoms with Crippen LogP contribution < -0.4 is 0 Å². The SMILES string of the molecule is CC(C)O[C@@H]1CCC[C@H](O)C1. The lowest BCUT2D eigenvalue weighted by atomic mass is 9.95. The van der Waals surface area contributed by atoms with Gasteiger partial charge in [0, 0.05) is 0 Å². The summed E-state index contributed by atoms with van der Waals surface area (Å²) in [5, 5.41) is 9.31. The molecule has 0 spiro atoms. The van der Waals surface area contributed by atoms with Crippen LogP contribution in [0.25, 0.3) is 0 Å². The van der Waals surface area contributed by atoms with E-state index in [1.54, 1.807) is 0 Å². The molecule has 2 nitrogen and oxygen atoms in total. The Labute approximate surface area is 68.6 Å². The van der Waals surface area contributed by atoms with Crippen LogP contribution in [0.5, 0.6) is 0 Å². The van der Waals surface area contributed by atoms with Gasteiger partial charge in [0.2, 0.25) is 0 Å². The van der Waals surface area contributed by atoms with Crippen molar-refractivity contribution < 1.29 is 9.84 Å². The normalized spacial score (nSPS) is 32.7. The summed E-state index contributed by atoms with van der Waals surface area (Å²) in [4.78, 5) is 0. The zero-order valence-corrected chi connectivity index (χ0v) is 7.42. The molecule has 0 bridgehead atoms. The number of aliphatic hydroxyl groups excluding tert-OH is 1. The van der Waals surface area contributed by atoms with E-state index in [1.807, 2.05) is 13.8 Å². The Bertz CT molecular complexity index is 110. The van der Waals surface area contributed by atoms with Crippen molar-refractivity contribution in [2.45, 2.75) is 57.8 Å². The lowest BCUT2D eigenvalue weighted by Crippen LogP contribution is -2.28. The van der Waals surface area contributed by atoms with Gasteiger partial charge in [-0.15, -0.1) is 0 Å². The number of hydrogen-bond donors (Lipinski definition) is 1. The maximum Gasteiger partial charge on any atom is 0.0603 e. The number of hydrogen-bond acceptors (Lipinski definition) is 2. The smallest absolute Gasteiger partial charge is 0.0603 e. The first-order valence-electron chi connectivity index (χ1n) is 4.52. The average molecular weight is 158 g/mol. The topological polar surface area (TPSA) is 29.5 Å². The molecule has 0 saturated heterocycles. The lowest BCUT2D eigenvalue weighted by molar-refractivity contribution is -0.0429. The largest absolute Gasteiger partial charge is 0.393 e. The molecule has 1 saturated carbocycles. The Balaban J connectivity index is 2.23. The van der Waals surface area contributed by atoms with Crippen LogP contribution in [0.15, 0.2) is 0 Å². The first-order valence-corrected chi connectivity index (χ1v) is 4.52. The van der Waals surface area contributed by atoms with Gasteiger partial charge in [-0.2, -0.15) is 0 Å². The fourth-order valence-electron chi connectivity index (χ4n) is 1.63. The maximum absolute atomic E-state index is 9.31. The van der Waals surface area contributed by atoms with Gasteiger partial charge in [0.25, 0.3) is 0 Å². The molecular formula is C9H18O2. The molecule has 11 heavy (non-hydrogen) atoms. The molecule has 2 atom stereocenters.